The van der Waals surface area contributed by atoms with Gasteiger partial charge in [0.15, 0.2) is 5.16 Å². The first-order valence-electron chi connectivity index (χ1n) is 5.74. The van der Waals surface area contributed by atoms with Crippen LogP contribution in [0.5, 0.6) is 0 Å². The third-order valence-corrected chi connectivity index (χ3v) is 3.54. The van der Waals surface area contributed by atoms with E-state index in [1.807, 2.05) is 6.07 Å². The number of rotatable bonds is 7. The Morgan fingerprint density at radius 2 is 1.94 bits per heavy atom. The van der Waals surface area contributed by atoms with Gasteiger partial charge < -0.3 is 5.73 Å². The van der Waals surface area contributed by atoms with Gasteiger partial charge in [-0.15, -0.1) is 0 Å². The predicted molar refractivity (Wildman–Crippen MR) is 69.4 cm³/mol. The van der Waals surface area contributed by atoms with E-state index in [0.717, 1.165) is 17.5 Å². The second-order valence-corrected chi connectivity index (χ2v) is 5.77. The molecule has 0 spiro atoms. The van der Waals surface area contributed by atoms with Gasteiger partial charge in [0.1, 0.15) is 0 Å². The zero-order valence-electron chi connectivity index (χ0n) is 10.1. The first-order valence-corrected chi connectivity index (χ1v) is 6.72. The maximum absolute atomic E-state index is 5.69. The minimum absolute atomic E-state index is 0.286. The summed E-state index contributed by atoms with van der Waals surface area (Å²) >= 11 is 1.73. The van der Waals surface area contributed by atoms with E-state index in [9.17, 15) is 0 Å². The fraction of sp³-hybridized carbons (Fsp3) is 0.667. The molecule has 0 aliphatic rings. The van der Waals surface area contributed by atoms with Crippen LogP contribution in [0, 0.1) is 5.41 Å². The maximum Gasteiger partial charge on any atom is 0.187 e. The molecular weight excluding hydrogens is 218 g/mol. The fourth-order valence-corrected chi connectivity index (χ4v) is 2.13. The van der Waals surface area contributed by atoms with Gasteiger partial charge in [-0.3, -0.25) is 0 Å². The van der Waals surface area contributed by atoms with Crippen LogP contribution in [0.1, 0.15) is 33.1 Å². The average molecular weight is 239 g/mol. The summed E-state index contributed by atoms with van der Waals surface area (Å²) in [4.78, 5) is 8.35. The molecule has 0 aliphatic carbocycles. The van der Waals surface area contributed by atoms with Gasteiger partial charge >= 0.3 is 0 Å². The molecule has 0 saturated carbocycles. The molecule has 1 heterocycles. The van der Waals surface area contributed by atoms with Crippen molar-refractivity contribution < 1.29 is 0 Å². The van der Waals surface area contributed by atoms with Crippen LogP contribution in [-0.4, -0.2) is 22.3 Å². The minimum Gasteiger partial charge on any atom is -0.330 e. The normalized spacial score (nSPS) is 11.7. The molecule has 1 aromatic heterocycles. The number of hydrogen-bond acceptors (Lipinski definition) is 4. The van der Waals surface area contributed by atoms with Crippen LogP contribution < -0.4 is 5.73 Å². The van der Waals surface area contributed by atoms with Crippen molar-refractivity contribution in [2.45, 2.75) is 38.3 Å². The highest BCUT2D eigenvalue weighted by molar-refractivity contribution is 7.99. The molecule has 16 heavy (non-hydrogen) atoms. The summed E-state index contributed by atoms with van der Waals surface area (Å²) in [5.41, 5.74) is 5.97. The first kappa shape index (κ1) is 13.5. The van der Waals surface area contributed by atoms with Gasteiger partial charge in [-0.2, -0.15) is 0 Å². The van der Waals surface area contributed by atoms with Gasteiger partial charge in [0.25, 0.3) is 0 Å². The molecule has 2 N–H and O–H groups in total. The van der Waals surface area contributed by atoms with Gasteiger partial charge in [-0.1, -0.05) is 32.0 Å². The quantitative estimate of drug-likeness (QED) is 0.451. The van der Waals surface area contributed by atoms with E-state index in [1.165, 1.54) is 19.3 Å². The molecule has 3 nitrogen and oxygen atoms in total. The molecule has 0 aromatic carbocycles. The first-order chi connectivity index (χ1) is 7.64. The molecule has 4 heteroatoms. The zero-order valence-corrected chi connectivity index (χ0v) is 11.0. The summed E-state index contributed by atoms with van der Waals surface area (Å²) in [7, 11) is 0. The van der Waals surface area contributed by atoms with E-state index in [0.29, 0.717) is 0 Å². The van der Waals surface area contributed by atoms with Gasteiger partial charge in [-0.25, -0.2) is 9.97 Å². The SMILES string of the molecule is CC(C)(CN)CCCCSc1ncccn1. The standard InChI is InChI=1S/C12H21N3S/c1-12(2,10-13)6-3-4-9-16-11-14-7-5-8-15-11/h5,7-8H,3-4,6,9-10,13H2,1-2H3. The number of aromatic nitrogens is 2. The van der Waals surface area contributed by atoms with E-state index in [-0.39, 0.29) is 5.41 Å². The van der Waals surface area contributed by atoms with E-state index >= 15 is 0 Å². The lowest BCUT2D eigenvalue weighted by atomic mass is 9.88. The Hall–Kier alpha value is -0.610. The summed E-state index contributed by atoms with van der Waals surface area (Å²) in [6, 6.07) is 1.84. The molecule has 0 amide bonds. The van der Waals surface area contributed by atoms with Crippen LogP contribution in [-0.2, 0) is 0 Å². The van der Waals surface area contributed by atoms with Crippen molar-refractivity contribution >= 4 is 11.8 Å². The number of nitrogens with two attached hydrogens (primary N) is 1. The lowest BCUT2D eigenvalue weighted by Gasteiger charge is -2.21. The second kappa shape index (κ2) is 6.86. The molecule has 0 radical (unpaired) electrons. The van der Waals surface area contributed by atoms with Crippen LogP contribution in [0.3, 0.4) is 0 Å². The van der Waals surface area contributed by atoms with Crippen molar-refractivity contribution in [3.05, 3.63) is 18.5 Å². The molecule has 1 aromatic rings. The Morgan fingerprint density at radius 3 is 2.56 bits per heavy atom. The average Bonchev–Trinajstić information content (AvgIpc) is 2.30. The third-order valence-electron chi connectivity index (χ3n) is 2.57. The fourth-order valence-electron chi connectivity index (χ4n) is 1.33. The van der Waals surface area contributed by atoms with E-state index in [2.05, 4.69) is 23.8 Å². The minimum atomic E-state index is 0.286. The number of hydrogen-bond donors (Lipinski definition) is 1. The summed E-state index contributed by atoms with van der Waals surface area (Å²) in [5.74, 6) is 1.09. The monoisotopic (exact) mass is 239 g/mol. The Balaban J connectivity index is 2.09. The predicted octanol–water partition coefficient (Wildman–Crippen LogP) is 2.72. The topological polar surface area (TPSA) is 51.8 Å². The summed E-state index contributed by atoms with van der Waals surface area (Å²) in [5, 5.41) is 0.876. The molecule has 90 valence electrons. The van der Waals surface area contributed by atoms with Crippen LogP contribution in [0.25, 0.3) is 0 Å². The highest BCUT2D eigenvalue weighted by atomic mass is 32.2. The van der Waals surface area contributed by atoms with Crippen molar-refractivity contribution in [2.75, 3.05) is 12.3 Å². The van der Waals surface area contributed by atoms with E-state index in [1.54, 1.807) is 24.2 Å². The Kier molecular flexibility index (Phi) is 5.77. The molecule has 0 fully saturated rings. The highest BCUT2D eigenvalue weighted by Crippen LogP contribution is 2.22. The molecule has 0 bridgehead atoms. The molecule has 1 rings (SSSR count). The molecular formula is C12H21N3S. The number of unbranched alkanes of at least 4 members (excludes halogenated alkanes) is 1. The van der Waals surface area contributed by atoms with Gasteiger partial charge in [-0.05, 0) is 30.9 Å². The highest BCUT2D eigenvalue weighted by Gasteiger charge is 2.14. The van der Waals surface area contributed by atoms with Crippen LogP contribution in [0.4, 0.5) is 0 Å². The lowest BCUT2D eigenvalue weighted by Crippen LogP contribution is -2.23. The van der Waals surface area contributed by atoms with Gasteiger partial charge in [0, 0.05) is 18.1 Å². The van der Waals surface area contributed by atoms with Crippen LogP contribution in [0.15, 0.2) is 23.6 Å². The maximum atomic E-state index is 5.69. The van der Waals surface area contributed by atoms with Crippen molar-refractivity contribution in [1.29, 1.82) is 0 Å². The smallest absolute Gasteiger partial charge is 0.187 e. The second-order valence-electron chi connectivity index (χ2n) is 4.71. The summed E-state index contributed by atoms with van der Waals surface area (Å²) in [6.45, 7) is 5.21. The van der Waals surface area contributed by atoms with Crippen molar-refractivity contribution in [2.24, 2.45) is 11.1 Å². The van der Waals surface area contributed by atoms with E-state index < -0.39 is 0 Å². The van der Waals surface area contributed by atoms with Crippen LogP contribution >= 0.6 is 11.8 Å². The number of thioether (sulfide) groups is 1. The molecule has 0 aliphatic heterocycles. The largest absolute Gasteiger partial charge is 0.330 e. The number of nitrogens with zero attached hydrogens (tertiary/aromatic N) is 2. The van der Waals surface area contributed by atoms with Crippen LogP contribution in [0.2, 0.25) is 0 Å². The van der Waals surface area contributed by atoms with Crippen molar-refractivity contribution in [1.82, 2.24) is 9.97 Å². The summed E-state index contributed by atoms with van der Waals surface area (Å²) in [6.07, 6.45) is 7.19. The van der Waals surface area contributed by atoms with Crippen molar-refractivity contribution in [3.63, 3.8) is 0 Å². The third kappa shape index (κ3) is 5.47. The molecule has 0 saturated heterocycles. The van der Waals surface area contributed by atoms with E-state index in [4.69, 9.17) is 5.73 Å². The Labute approximate surface area is 102 Å². The summed E-state index contributed by atoms with van der Waals surface area (Å²) < 4.78 is 0. The lowest BCUT2D eigenvalue weighted by molar-refractivity contribution is 0.336. The van der Waals surface area contributed by atoms with Gasteiger partial charge in [0.2, 0.25) is 0 Å². The zero-order chi connectivity index (χ0) is 11.9. The Morgan fingerprint density at radius 1 is 1.25 bits per heavy atom. The molecule has 0 atom stereocenters. The van der Waals surface area contributed by atoms with Crippen molar-refractivity contribution in [3.8, 4) is 0 Å². The van der Waals surface area contributed by atoms with Gasteiger partial charge in [0.05, 0.1) is 0 Å². The Bertz CT molecular complexity index is 288. The molecule has 0 unspecified atom stereocenters.